The van der Waals surface area contributed by atoms with Gasteiger partial charge in [-0.15, -0.1) is 0 Å². The van der Waals surface area contributed by atoms with Crippen molar-refractivity contribution in [3.63, 3.8) is 0 Å². The zero-order chi connectivity index (χ0) is 14.7. The highest BCUT2D eigenvalue weighted by atomic mass is 35.5. The molecule has 5 heteroatoms. The first-order valence-electron chi connectivity index (χ1n) is 5.79. The minimum absolute atomic E-state index is 0.239. The third-order valence-corrected chi connectivity index (χ3v) is 2.81. The maximum atomic E-state index is 11.9. The first kappa shape index (κ1) is 14.1. The van der Waals surface area contributed by atoms with Crippen molar-refractivity contribution >= 4 is 23.5 Å². The second kappa shape index (κ2) is 5.75. The van der Waals surface area contributed by atoms with Gasteiger partial charge in [-0.1, -0.05) is 29.8 Å². The van der Waals surface area contributed by atoms with Crippen LogP contribution >= 0.6 is 11.6 Å². The van der Waals surface area contributed by atoms with E-state index in [-0.39, 0.29) is 17.1 Å². The van der Waals surface area contributed by atoms with E-state index in [0.717, 1.165) is 0 Å². The Bertz CT molecular complexity index is 744. The maximum Gasteiger partial charge on any atom is 0.351 e. The number of allylic oxidation sites excluding steroid dienone is 1. The summed E-state index contributed by atoms with van der Waals surface area (Å²) in [6, 6.07) is 8.10. The highest BCUT2D eigenvalue weighted by molar-refractivity contribution is 6.30. The van der Waals surface area contributed by atoms with Crippen LogP contribution in [0.3, 0.4) is 0 Å². The van der Waals surface area contributed by atoms with Crippen molar-refractivity contribution in [1.29, 1.82) is 0 Å². The van der Waals surface area contributed by atoms with Crippen LogP contribution in [0.15, 0.2) is 45.6 Å². The number of hydrogen-bond donors (Lipinski definition) is 1. The molecule has 0 amide bonds. The Kier molecular flexibility index (Phi) is 4.05. The van der Waals surface area contributed by atoms with Crippen molar-refractivity contribution < 1.29 is 14.3 Å². The molecule has 1 aromatic heterocycles. The van der Waals surface area contributed by atoms with Gasteiger partial charge in [0.2, 0.25) is 0 Å². The second-order valence-electron chi connectivity index (χ2n) is 4.16. The van der Waals surface area contributed by atoms with Crippen molar-refractivity contribution in [2.75, 3.05) is 0 Å². The van der Waals surface area contributed by atoms with Gasteiger partial charge in [0.05, 0.1) is 0 Å². The summed E-state index contributed by atoms with van der Waals surface area (Å²) in [5.74, 6) is -0.779. The van der Waals surface area contributed by atoms with Crippen molar-refractivity contribution in [3.8, 4) is 5.75 Å². The third kappa shape index (κ3) is 3.16. The van der Waals surface area contributed by atoms with Crippen LogP contribution < -0.4 is 5.63 Å². The first-order chi connectivity index (χ1) is 9.47. The van der Waals surface area contributed by atoms with Gasteiger partial charge in [0.1, 0.15) is 17.1 Å². The Labute approximate surface area is 119 Å². The molecule has 0 radical (unpaired) electrons. The summed E-state index contributed by atoms with van der Waals surface area (Å²) < 4.78 is 4.79. The van der Waals surface area contributed by atoms with Crippen molar-refractivity contribution in [2.45, 2.75) is 6.92 Å². The molecule has 20 heavy (non-hydrogen) atoms. The van der Waals surface area contributed by atoms with Crippen molar-refractivity contribution in [3.05, 3.63) is 68.7 Å². The van der Waals surface area contributed by atoms with Crippen molar-refractivity contribution in [1.82, 2.24) is 0 Å². The molecule has 1 heterocycles. The number of rotatable bonds is 3. The minimum Gasteiger partial charge on any atom is -0.507 e. The smallest absolute Gasteiger partial charge is 0.351 e. The monoisotopic (exact) mass is 290 g/mol. The molecule has 2 aromatic rings. The molecular weight excluding hydrogens is 280 g/mol. The van der Waals surface area contributed by atoms with Gasteiger partial charge in [-0.2, -0.15) is 0 Å². The standard InChI is InChI=1S/C15H11ClO4/c1-9-7-13(18)14(15(19)20-9)12(17)6-5-10-3-2-4-11(16)8-10/h2-8,18H,1H3. The van der Waals surface area contributed by atoms with Gasteiger partial charge in [0, 0.05) is 11.1 Å². The van der Waals surface area contributed by atoms with E-state index in [0.29, 0.717) is 10.6 Å². The lowest BCUT2D eigenvalue weighted by Crippen LogP contribution is -2.12. The van der Waals surface area contributed by atoms with Gasteiger partial charge in [-0.05, 0) is 30.7 Å². The lowest BCUT2D eigenvalue weighted by molar-refractivity contribution is 0.104. The summed E-state index contributed by atoms with van der Waals surface area (Å²) in [4.78, 5) is 23.5. The summed E-state index contributed by atoms with van der Waals surface area (Å²) in [7, 11) is 0. The van der Waals surface area contributed by atoms with Gasteiger partial charge in [0.15, 0.2) is 5.78 Å². The predicted octanol–water partition coefficient (Wildman–Crippen LogP) is 3.20. The van der Waals surface area contributed by atoms with Crippen LogP contribution in [0.4, 0.5) is 0 Å². The molecule has 0 atom stereocenters. The molecule has 0 saturated carbocycles. The molecule has 1 aromatic carbocycles. The highest BCUT2D eigenvalue weighted by Crippen LogP contribution is 2.16. The number of halogens is 1. The zero-order valence-electron chi connectivity index (χ0n) is 10.6. The molecular formula is C15H11ClO4. The van der Waals surface area contributed by atoms with Gasteiger partial charge < -0.3 is 9.52 Å². The lowest BCUT2D eigenvalue weighted by atomic mass is 10.1. The number of ketones is 1. The van der Waals surface area contributed by atoms with Gasteiger partial charge >= 0.3 is 5.63 Å². The predicted molar refractivity (Wildman–Crippen MR) is 76.2 cm³/mol. The Hall–Kier alpha value is -2.33. The summed E-state index contributed by atoms with van der Waals surface area (Å²) in [6.07, 6.45) is 2.69. The Morgan fingerprint density at radius 3 is 2.75 bits per heavy atom. The van der Waals surface area contributed by atoms with Crippen LogP contribution in [0.25, 0.3) is 6.08 Å². The summed E-state index contributed by atoms with van der Waals surface area (Å²) in [5, 5.41) is 10.2. The van der Waals surface area contributed by atoms with Gasteiger partial charge in [0.25, 0.3) is 0 Å². The van der Waals surface area contributed by atoms with E-state index in [1.54, 1.807) is 24.3 Å². The molecule has 2 rings (SSSR count). The SMILES string of the molecule is Cc1cc(O)c(C(=O)C=Cc2cccc(Cl)c2)c(=O)o1. The lowest BCUT2D eigenvalue weighted by Gasteiger charge is -2.00. The zero-order valence-corrected chi connectivity index (χ0v) is 11.3. The molecule has 1 N–H and O–H groups in total. The Morgan fingerprint density at radius 2 is 2.10 bits per heavy atom. The normalized spacial score (nSPS) is 10.9. The number of carbonyl (C=O) groups excluding carboxylic acids is 1. The van der Waals surface area contributed by atoms with Crippen LogP contribution in [0, 0.1) is 6.92 Å². The Morgan fingerprint density at radius 1 is 1.35 bits per heavy atom. The fraction of sp³-hybridized carbons (Fsp3) is 0.0667. The molecule has 0 aliphatic heterocycles. The van der Waals surface area contributed by atoms with Crippen LogP contribution in [0.2, 0.25) is 5.02 Å². The maximum absolute atomic E-state index is 11.9. The number of benzene rings is 1. The summed E-state index contributed by atoms with van der Waals surface area (Å²) >= 11 is 5.82. The van der Waals surface area contributed by atoms with Gasteiger partial charge in [-0.25, -0.2) is 4.79 Å². The van der Waals surface area contributed by atoms with E-state index < -0.39 is 11.4 Å². The molecule has 4 nitrogen and oxygen atoms in total. The van der Waals surface area contributed by atoms with E-state index in [9.17, 15) is 14.7 Å². The molecule has 102 valence electrons. The van der Waals surface area contributed by atoms with Crippen molar-refractivity contribution in [2.24, 2.45) is 0 Å². The number of hydrogen-bond acceptors (Lipinski definition) is 4. The molecule has 0 spiro atoms. The van der Waals surface area contributed by atoms with E-state index in [4.69, 9.17) is 16.0 Å². The first-order valence-corrected chi connectivity index (χ1v) is 6.17. The van der Waals surface area contributed by atoms with E-state index in [2.05, 4.69) is 0 Å². The Balaban J connectivity index is 2.32. The topological polar surface area (TPSA) is 67.5 Å². The summed E-state index contributed by atoms with van der Waals surface area (Å²) in [6.45, 7) is 1.51. The molecule has 0 unspecified atom stereocenters. The largest absolute Gasteiger partial charge is 0.507 e. The molecule has 0 aliphatic carbocycles. The molecule has 0 aliphatic rings. The number of aryl methyl sites for hydroxylation is 1. The number of carbonyl (C=O) groups is 1. The fourth-order valence-corrected chi connectivity index (χ4v) is 1.89. The van der Waals surface area contributed by atoms with Crippen LogP contribution in [-0.2, 0) is 0 Å². The summed E-state index contributed by atoms with van der Waals surface area (Å²) in [5.41, 5.74) is -0.529. The minimum atomic E-state index is -0.858. The molecule has 0 fully saturated rings. The number of aromatic hydroxyl groups is 1. The third-order valence-electron chi connectivity index (χ3n) is 2.58. The van der Waals surface area contributed by atoms with E-state index >= 15 is 0 Å². The van der Waals surface area contributed by atoms with E-state index in [1.807, 2.05) is 0 Å². The van der Waals surface area contributed by atoms with Gasteiger partial charge in [-0.3, -0.25) is 4.79 Å². The molecule has 0 saturated heterocycles. The van der Waals surface area contributed by atoms with Crippen LogP contribution in [0.5, 0.6) is 5.75 Å². The average Bonchev–Trinajstić information content (AvgIpc) is 2.35. The molecule has 0 bridgehead atoms. The van der Waals surface area contributed by atoms with Crippen LogP contribution in [0.1, 0.15) is 21.7 Å². The van der Waals surface area contributed by atoms with E-state index in [1.165, 1.54) is 25.1 Å². The van der Waals surface area contributed by atoms with Crippen LogP contribution in [-0.4, -0.2) is 10.9 Å². The second-order valence-corrected chi connectivity index (χ2v) is 4.59. The fourth-order valence-electron chi connectivity index (χ4n) is 1.69. The quantitative estimate of drug-likeness (QED) is 0.696. The average molecular weight is 291 g/mol. The highest BCUT2D eigenvalue weighted by Gasteiger charge is 2.15.